The zero-order valence-corrected chi connectivity index (χ0v) is 26.3. The minimum Gasteiger partial charge on any atom is -0.382 e. The first kappa shape index (κ1) is 30.9. The van der Waals surface area contributed by atoms with Gasteiger partial charge in [0.05, 0.1) is 39.0 Å². The summed E-state index contributed by atoms with van der Waals surface area (Å²) in [5.74, 6) is -0.739. The summed E-state index contributed by atoms with van der Waals surface area (Å²) >= 11 is 6.42. The molecule has 5 rings (SSSR count). The number of aromatic nitrogens is 3. The van der Waals surface area contributed by atoms with Crippen molar-refractivity contribution in [3.63, 3.8) is 0 Å². The molecule has 3 N–H and O–H groups in total. The molecule has 0 aliphatic heterocycles. The van der Waals surface area contributed by atoms with Crippen molar-refractivity contribution in [1.29, 1.82) is 0 Å². The molecule has 1 amide bonds. The molecule has 3 aromatic carbocycles. The molecule has 0 aliphatic carbocycles. The molecule has 0 radical (unpaired) electrons. The van der Waals surface area contributed by atoms with Gasteiger partial charge in [-0.15, -0.1) is 0 Å². The first-order chi connectivity index (χ1) is 20.7. The number of fused-ring (bicyclic) bond motifs is 1. The molecule has 44 heavy (non-hydrogen) atoms. The van der Waals surface area contributed by atoms with Gasteiger partial charge in [0.2, 0.25) is 0 Å². The number of para-hydroxylation sites is 1. The van der Waals surface area contributed by atoms with E-state index in [0.29, 0.717) is 32.7 Å². The van der Waals surface area contributed by atoms with Crippen LogP contribution in [0.3, 0.4) is 0 Å². The van der Waals surface area contributed by atoms with Crippen LogP contribution in [0.25, 0.3) is 27.7 Å². The van der Waals surface area contributed by atoms with E-state index in [9.17, 15) is 18.0 Å². The lowest BCUT2D eigenvalue weighted by molar-refractivity contribution is 0.0934. The molecule has 11 heteroatoms. The van der Waals surface area contributed by atoms with Gasteiger partial charge >= 0.3 is 0 Å². The number of nitrogens with two attached hydrogens (primary N) is 1. The van der Waals surface area contributed by atoms with Gasteiger partial charge in [0.25, 0.3) is 11.5 Å². The third-order valence-electron chi connectivity index (χ3n) is 6.96. The maximum absolute atomic E-state index is 13.7. The largest absolute Gasteiger partial charge is 0.382 e. The normalized spacial score (nSPS) is 12.7. The van der Waals surface area contributed by atoms with Crippen LogP contribution in [0.15, 0.2) is 94.7 Å². The van der Waals surface area contributed by atoms with E-state index in [1.165, 1.54) is 22.9 Å². The topological polar surface area (TPSA) is 137 Å². The predicted molar refractivity (Wildman–Crippen MR) is 174 cm³/mol. The Bertz CT molecular complexity index is 2060. The van der Waals surface area contributed by atoms with Crippen LogP contribution < -0.4 is 16.6 Å². The zero-order chi connectivity index (χ0) is 31.8. The van der Waals surface area contributed by atoms with Crippen LogP contribution in [0, 0.1) is 5.41 Å². The van der Waals surface area contributed by atoms with Crippen LogP contribution in [0.2, 0.25) is 5.02 Å². The highest BCUT2D eigenvalue weighted by Crippen LogP contribution is 2.28. The van der Waals surface area contributed by atoms with E-state index >= 15 is 0 Å². The summed E-state index contributed by atoms with van der Waals surface area (Å²) in [5.41, 5.74) is 7.09. The number of hydrogen-bond acceptors (Lipinski definition) is 7. The SMILES string of the molecule is C[C@H](NC(=O)c1nc(-c2cccc(S(=O)(=O)CC(C)(C)C)c2)cnc1N)c1cc2cccc(Cl)c2c(=O)n1-c1ccccc1. The maximum atomic E-state index is 13.7. The Kier molecular flexibility index (Phi) is 8.33. The number of halogens is 1. The summed E-state index contributed by atoms with van der Waals surface area (Å²) in [4.78, 5) is 36.1. The number of nitrogens with zero attached hydrogens (tertiary/aromatic N) is 3. The lowest BCUT2D eigenvalue weighted by Crippen LogP contribution is -2.33. The fourth-order valence-corrected chi connectivity index (χ4v) is 7.21. The highest BCUT2D eigenvalue weighted by Gasteiger charge is 2.25. The van der Waals surface area contributed by atoms with Gasteiger partial charge in [0, 0.05) is 16.9 Å². The van der Waals surface area contributed by atoms with E-state index in [4.69, 9.17) is 17.3 Å². The zero-order valence-electron chi connectivity index (χ0n) is 24.7. The van der Waals surface area contributed by atoms with Crippen molar-refractivity contribution in [2.24, 2.45) is 5.41 Å². The molecule has 0 bridgehead atoms. The van der Waals surface area contributed by atoms with Crippen LogP contribution in [0.1, 0.15) is 49.9 Å². The number of rotatable bonds is 7. The van der Waals surface area contributed by atoms with E-state index in [1.807, 2.05) is 45.0 Å². The van der Waals surface area contributed by atoms with Gasteiger partial charge < -0.3 is 11.1 Å². The summed E-state index contributed by atoms with van der Waals surface area (Å²) in [6, 6.07) is 21.8. The summed E-state index contributed by atoms with van der Waals surface area (Å²) in [6.07, 6.45) is 1.39. The van der Waals surface area contributed by atoms with Crippen LogP contribution in [0.5, 0.6) is 0 Å². The van der Waals surface area contributed by atoms with Crippen molar-refractivity contribution in [2.45, 2.75) is 38.6 Å². The second-order valence-corrected chi connectivity index (χ2v) is 14.2. The van der Waals surface area contributed by atoms with Crippen molar-refractivity contribution in [3.8, 4) is 16.9 Å². The van der Waals surface area contributed by atoms with E-state index in [1.54, 1.807) is 49.4 Å². The van der Waals surface area contributed by atoms with Crippen LogP contribution >= 0.6 is 11.6 Å². The smallest absolute Gasteiger partial charge is 0.274 e. The monoisotopic (exact) mass is 629 g/mol. The fraction of sp³-hybridized carbons (Fsp3) is 0.212. The first-order valence-corrected chi connectivity index (χ1v) is 15.9. The maximum Gasteiger partial charge on any atom is 0.274 e. The Labute approximate surface area is 260 Å². The molecule has 1 atom stereocenters. The van der Waals surface area contributed by atoms with Crippen molar-refractivity contribution in [2.75, 3.05) is 11.5 Å². The average Bonchev–Trinajstić information content (AvgIpc) is 2.96. The number of hydrogen-bond donors (Lipinski definition) is 2. The Morgan fingerprint density at radius 1 is 1.02 bits per heavy atom. The number of pyridine rings is 1. The summed E-state index contributed by atoms with van der Waals surface area (Å²) in [5, 5.41) is 4.23. The summed E-state index contributed by atoms with van der Waals surface area (Å²) < 4.78 is 27.6. The number of nitrogen functional groups attached to an aromatic ring is 1. The number of carbonyl (C=O) groups is 1. The van der Waals surface area contributed by atoms with Gasteiger partial charge in [-0.3, -0.25) is 14.2 Å². The van der Waals surface area contributed by atoms with E-state index in [-0.39, 0.29) is 33.4 Å². The number of amides is 1. The highest BCUT2D eigenvalue weighted by atomic mass is 35.5. The molecule has 0 unspecified atom stereocenters. The minimum atomic E-state index is -3.57. The molecular formula is C33H32ClN5O4S. The van der Waals surface area contributed by atoms with Crippen molar-refractivity contribution in [3.05, 3.63) is 112 Å². The second-order valence-electron chi connectivity index (χ2n) is 11.8. The molecule has 0 fully saturated rings. The number of sulfone groups is 1. The van der Waals surface area contributed by atoms with Crippen molar-refractivity contribution < 1.29 is 13.2 Å². The van der Waals surface area contributed by atoms with E-state index in [2.05, 4.69) is 15.3 Å². The quantitative estimate of drug-likeness (QED) is 0.225. The first-order valence-electron chi connectivity index (χ1n) is 13.9. The fourth-order valence-electron chi connectivity index (χ4n) is 5.05. The second kappa shape index (κ2) is 11.9. The predicted octanol–water partition coefficient (Wildman–Crippen LogP) is 5.99. The molecule has 9 nitrogen and oxygen atoms in total. The number of nitrogens with one attached hydrogen (secondary N) is 1. The average molecular weight is 630 g/mol. The molecule has 0 spiro atoms. The summed E-state index contributed by atoms with van der Waals surface area (Å²) in [7, 11) is -3.57. The Hall–Kier alpha value is -4.54. The Morgan fingerprint density at radius 2 is 1.73 bits per heavy atom. The van der Waals surface area contributed by atoms with Gasteiger partial charge in [-0.2, -0.15) is 0 Å². The van der Waals surface area contributed by atoms with Gasteiger partial charge in [0.15, 0.2) is 21.3 Å². The lowest BCUT2D eigenvalue weighted by Gasteiger charge is -2.21. The van der Waals surface area contributed by atoms with Crippen molar-refractivity contribution >= 4 is 43.9 Å². The van der Waals surface area contributed by atoms with Gasteiger partial charge in [-0.05, 0) is 54.1 Å². The summed E-state index contributed by atoms with van der Waals surface area (Å²) in [6.45, 7) is 7.33. The highest BCUT2D eigenvalue weighted by molar-refractivity contribution is 7.91. The van der Waals surface area contributed by atoms with Crippen LogP contribution in [-0.2, 0) is 9.84 Å². The van der Waals surface area contributed by atoms with Crippen LogP contribution in [-0.4, -0.2) is 34.6 Å². The Balaban J connectivity index is 1.51. The minimum absolute atomic E-state index is 0.0303. The number of carbonyl (C=O) groups excluding carboxylic acids is 1. The third kappa shape index (κ3) is 6.36. The van der Waals surface area contributed by atoms with Gasteiger partial charge in [-0.1, -0.05) is 74.8 Å². The van der Waals surface area contributed by atoms with Gasteiger partial charge in [-0.25, -0.2) is 18.4 Å². The third-order valence-corrected chi connectivity index (χ3v) is 9.49. The molecule has 2 heterocycles. The molecule has 0 saturated heterocycles. The molecule has 5 aromatic rings. The molecule has 226 valence electrons. The standard InChI is InChI=1S/C33H32ClN5O4S/c1-20(27-17-22-11-9-15-25(34)28(22)32(41)39(27)23-12-6-5-7-13-23)37-31(40)29-30(35)36-18-26(38-29)21-10-8-14-24(16-21)44(42,43)19-33(2,3)4/h5-18,20H,19H2,1-4H3,(H2,35,36)(H,37,40)/t20-/m0/s1. The number of anilines is 1. The number of benzene rings is 3. The molecular weight excluding hydrogens is 598 g/mol. The van der Waals surface area contributed by atoms with Gasteiger partial charge in [0.1, 0.15) is 0 Å². The molecule has 0 aliphatic rings. The van der Waals surface area contributed by atoms with Crippen molar-refractivity contribution in [1.82, 2.24) is 19.9 Å². The molecule has 0 saturated carbocycles. The van der Waals surface area contributed by atoms with E-state index in [0.717, 1.165) is 0 Å². The van der Waals surface area contributed by atoms with E-state index < -0.39 is 27.2 Å². The lowest BCUT2D eigenvalue weighted by atomic mass is 10.0. The molecule has 2 aromatic heterocycles. The Morgan fingerprint density at radius 3 is 2.43 bits per heavy atom. The van der Waals surface area contributed by atoms with Crippen LogP contribution in [0.4, 0.5) is 5.82 Å².